The summed E-state index contributed by atoms with van der Waals surface area (Å²) in [4.78, 5) is 7.44. The molecule has 8 nitrogen and oxygen atoms in total. The van der Waals surface area contributed by atoms with E-state index in [0.717, 1.165) is 83.6 Å². The lowest BCUT2D eigenvalue weighted by Crippen LogP contribution is -2.46. The lowest BCUT2D eigenvalue weighted by molar-refractivity contribution is 0.0866. The third-order valence-corrected chi connectivity index (χ3v) is 12.1. The Balaban J connectivity index is 1.14. The topological polar surface area (TPSA) is 94.7 Å². The zero-order valence-corrected chi connectivity index (χ0v) is 29.2. The Kier molecular flexibility index (Phi) is 8.12. The fraction of sp³-hybridized carbons (Fsp3) is 0.538. The van der Waals surface area contributed by atoms with E-state index in [0.29, 0.717) is 16.6 Å². The van der Waals surface area contributed by atoms with E-state index in [4.69, 9.17) is 21.7 Å². The first kappa shape index (κ1) is 31.6. The molecule has 0 spiro atoms. The van der Waals surface area contributed by atoms with E-state index >= 15 is 0 Å². The number of piperidine rings is 1. The summed E-state index contributed by atoms with van der Waals surface area (Å²) in [5.74, 6) is 2.42. The zero-order chi connectivity index (χ0) is 33.0. The summed E-state index contributed by atoms with van der Waals surface area (Å²) in [5.41, 5.74) is 5.18. The van der Waals surface area contributed by atoms with E-state index < -0.39 is 0 Å². The standard InChI is InChI=1S/C39H47ClN8/c1-38(2,3)47-13-10-31(11-14-47)48-24-34(45-46-48)36(28-7-5-4-6-8-28)43-33-19-30(40)18-32-35(29(22-41)23-42-37(32)33)44-39-12-9-25-15-26(20-39)17-27(16-25)21-39/h4-8,18-19,23-27,31,36,43H,9-17,20-21H2,1-3H3,(H,42,44)/t25?,26-,27+,36-,39?/m0/s1. The van der Waals surface area contributed by atoms with E-state index in [1.54, 1.807) is 6.20 Å². The molecule has 5 fully saturated rings. The van der Waals surface area contributed by atoms with Crippen LogP contribution in [0.2, 0.25) is 5.02 Å². The molecule has 48 heavy (non-hydrogen) atoms. The van der Waals surface area contributed by atoms with Gasteiger partial charge in [-0.05, 0) is 114 Å². The number of nitriles is 1. The number of benzene rings is 2. The van der Waals surface area contributed by atoms with Gasteiger partial charge in [-0.3, -0.25) is 9.88 Å². The van der Waals surface area contributed by atoms with Gasteiger partial charge < -0.3 is 10.6 Å². The Morgan fingerprint density at radius 2 is 1.73 bits per heavy atom. The average molecular weight is 663 g/mol. The number of halogens is 1. The minimum Gasteiger partial charge on any atom is -0.378 e. The molecule has 9 rings (SSSR count). The van der Waals surface area contributed by atoms with Crippen LogP contribution in [0.5, 0.6) is 0 Å². The fourth-order valence-corrected chi connectivity index (χ4v) is 9.92. The highest BCUT2D eigenvalue weighted by atomic mass is 35.5. The van der Waals surface area contributed by atoms with Crippen molar-refractivity contribution in [2.45, 2.75) is 102 Å². The van der Waals surface area contributed by atoms with Crippen LogP contribution in [0, 0.1) is 29.1 Å². The summed E-state index contributed by atoms with van der Waals surface area (Å²) in [6, 6.07) is 16.8. The van der Waals surface area contributed by atoms with E-state index in [2.05, 4.69) is 82.7 Å². The van der Waals surface area contributed by atoms with Gasteiger partial charge in [0, 0.05) is 40.8 Å². The third kappa shape index (κ3) is 6.05. The number of pyridine rings is 1. The molecule has 2 unspecified atom stereocenters. The van der Waals surface area contributed by atoms with E-state index in [9.17, 15) is 5.26 Å². The maximum Gasteiger partial charge on any atom is 0.109 e. The van der Waals surface area contributed by atoms with Gasteiger partial charge in [-0.1, -0.05) is 47.1 Å². The van der Waals surface area contributed by atoms with Crippen molar-refractivity contribution < 1.29 is 0 Å². The number of anilines is 2. The van der Waals surface area contributed by atoms with Gasteiger partial charge in [0.1, 0.15) is 11.8 Å². The normalized spacial score (nSPS) is 26.7. The summed E-state index contributed by atoms with van der Waals surface area (Å²) in [6.45, 7) is 8.96. The Morgan fingerprint density at radius 1 is 1.00 bits per heavy atom. The molecule has 5 atom stereocenters. The second-order valence-corrected chi connectivity index (χ2v) is 16.6. The number of likely N-dealkylation sites (tertiary alicyclic amines) is 1. The number of hydrogen-bond acceptors (Lipinski definition) is 7. The summed E-state index contributed by atoms with van der Waals surface area (Å²) >= 11 is 6.90. The van der Waals surface area contributed by atoms with Gasteiger partial charge in [0.05, 0.1) is 40.7 Å². The molecule has 2 N–H and O–H groups in total. The van der Waals surface area contributed by atoms with Crippen molar-refractivity contribution in [1.82, 2.24) is 24.9 Å². The highest BCUT2D eigenvalue weighted by Crippen LogP contribution is 2.54. The second kappa shape index (κ2) is 12.3. The Hall–Kier alpha value is -3.67. The predicted molar refractivity (Wildman–Crippen MR) is 192 cm³/mol. The molecular formula is C39H47ClN8. The number of rotatable bonds is 7. The van der Waals surface area contributed by atoms with E-state index in [1.807, 2.05) is 18.2 Å². The fourth-order valence-electron chi connectivity index (χ4n) is 9.70. The van der Waals surface area contributed by atoms with Crippen LogP contribution in [0.1, 0.15) is 107 Å². The molecule has 5 aliphatic rings. The van der Waals surface area contributed by atoms with Gasteiger partial charge in [-0.15, -0.1) is 5.10 Å². The van der Waals surface area contributed by atoms with Crippen molar-refractivity contribution in [1.29, 1.82) is 5.26 Å². The van der Waals surface area contributed by atoms with Gasteiger partial charge in [-0.25, -0.2) is 4.68 Å². The molecule has 4 aromatic rings. The van der Waals surface area contributed by atoms with Crippen LogP contribution in [0.4, 0.5) is 11.4 Å². The number of nitrogens with one attached hydrogen (secondary N) is 2. The molecule has 9 heteroatoms. The molecule has 0 radical (unpaired) electrons. The summed E-state index contributed by atoms with van der Waals surface area (Å²) < 4.78 is 2.07. The SMILES string of the molecule is CC(C)(C)N1CCC(n2cc([C@@H](Nc3cc(Cl)cc4c(NC56CCC7C[C@H](C[C@H](C7)C5)C6)c(C#N)cnc34)c3ccccc3)nn2)CC1. The number of fused-ring (bicyclic) bond motifs is 2. The highest BCUT2D eigenvalue weighted by molar-refractivity contribution is 6.32. The van der Waals surface area contributed by atoms with Crippen molar-refractivity contribution in [2.75, 3.05) is 23.7 Å². The number of hydrogen-bond donors (Lipinski definition) is 2. The molecule has 2 aromatic carbocycles. The molecule has 4 aliphatic carbocycles. The smallest absolute Gasteiger partial charge is 0.109 e. The predicted octanol–water partition coefficient (Wildman–Crippen LogP) is 8.76. The molecule has 250 valence electrons. The molecule has 3 heterocycles. The van der Waals surface area contributed by atoms with Crippen molar-refractivity contribution in [3.05, 3.63) is 76.7 Å². The molecule has 1 aliphatic heterocycles. The van der Waals surface area contributed by atoms with E-state index in [1.165, 1.54) is 38.5 Å². The lowest BCUT2D eigenvalue weighted by Gasteiger charge is -2.46. The van der Waals surface area contributed by atoms with Crippen LogP contribution in [-0.4, -0.2) is 49.0 Å². The Morgan fingerprint density at radius 3 is 2.44 bits per heavy atom. The maximum atomic E-state index is 10.3. The Labute approximate surface area is 289 Å². The second-order valence-electron chi connectivity index (χ2n) is 16.2. The largest absolute Gasteiger partial charge is 0.378 e. The van der Waals surface area contributed by atoms with Gasteiger partial charge in [0.2, 0.25) is 0 Å². The van der Waals surface area contributed by atoms with Crippen molar-refractivity contribution >= 4 is 33.9 Å². The van der Waals surface area contributed by atoms with Crippen LogP contribution >= 0.6 is 11.6 Å². The van der Waals surface area contributed by atoms with Crippen molar-refractivity contribution in [3.63, 3.8) is 0 Å². The minimum absolute atomic E-state index is 0.0166. The first-order valence-electron chi connectivity index (χ1n) is 18.0. The lowest BCUT2D eigenvalue weighted by atomic mass is 9.65. The van der Waals surface area contributed by atoms with Crippen LogP contribution < -0.4 is 10.6 Å². The number of aromatic nitrogens is 4. The first-order valence-corrected chi connectivity index (χ1v) is 18.3. The monoisotopic (exact) mass is 662 g/mol. The maximum absolute atomic E-state index is 10.3. The molecule has 4 bridgehead atoms. The van der Waals surface area contributed by atoms with Crippen LogP contribution in [-0.2, 0) is 0 Å². The highest BCUT2D eigenvalue weighted by Gasteiger charge is 2.48. The average Bonchev–Trinajstić information content (AvgIpc) is 3.48. The number of nitrogens with zero attached hydrogens (tertiary/aromatic N) is 6. The molecule has 1 saturated heterocycles. The quantitative estimate of drug-likeness (QED) is 0.204. The van der Waals surface area contributed by atoms with Gasteiger partial charge in [0.25, 0.3) is 0 Å². The molecule has 2 aromatic heterocycles. The van der Waals surface area contributed by atoms with Crippen LogP contribution in [0.25, 0.3) is 10.9 Å². The van der Waals surface area contributed by atoms with Crippen LogP contribution in [0.3, 0.4) is 0 Å². The third-order valence-electron chi connectivity index (χ3n) is 11.9. The van der Waals surface area contributed by atoms with Crippen molar-refractivity contribution in [2.24, 2.45) is 17.8 Å². The molecule has 4 saturated carbocycles. The van der Waals surface area contributed by atoms with Crippen LogP contribution in [0.15, 0.2) is 54.9 Å². The van der Waals surface area contributed by atoms with Gasteiger partial charge in [0.15, 0.2) is 0 Å². The summed E-state index contributed by atoms with van der Waals surface area (Å²) in [5, 5.41) is 29.0. The first-order chi connectivity index (χ1) is 23.2. The minimum atomic E-state index is -0.267. The molecular weight excluding hydrogens is 616 g/mol. The molecule has 0 amide bonds. The summed E-state index contributed by atoms with van der Waals surface area (Å²) in [6.07, 6.45) is 14.8. The van der Waals surface area contributed by atoms with Gasteiger partial charge >= 0.3 is 0 Å². The van der Waals surface area contributed by atoms with Gasteiger partial charge in [-0.2, -0.15) is 5.26 Å². The summed E-state index contributed by atoms with van der Waals surface area (Å²) in [7, 11) is 0. The Bertz CT molecular complexity index is 1820. The van der Waals surface area contributed by atoms with E-state index in [-0.39, 0.29) is 17.1 Å². The zero-order valence-electron chi connectivity index (χ0n) is 28.4. The van der Waals surface area contributed by atoms with Crippen molar-refractivity contribution in [3.8, 4) is 6.07 Å².